The van der Waals surface area contributed by atoms with E-state index in [0.29, 0.717) is 12.3 Å². The zero-order chi connectivity index (χ0) is 12.0. The van der Waals surface area contributed by atoms with Crippen LogP contribution in [0.4, 0.5) is 0 Å². The molecule has 0 aliphatic carbocycles. The van der Waals surface area contributed by atoms with Crippen LogP contribution in [0.2, 0.25) is 0 Å². The molecule has 0 heterocycles. The van der Waals surface area contributed by atoms with Crippen molar-refractivity contribution in [2.45, 2.75) is 39.7 Å². The normalized spacial score (nSPS) is 12.8. The molecule has 2 nitrogen and oxygen atoms in total. The predicted octanol–water partition coefficient (Wildman–Crippen LogP) is 3.03. The van der Waals surface area contributed by atoms with E-state index in [-0.39, 0.29) is 6.10 Å². The molecule has 0 saturated heterocycles. The molecule has 0 bridgehead atoms. The van der Waals surface area contributed by atoms with Crippen molar-refractivity contribution >= 4 is 0 Å². The van der Waals surface area contributed by atoms with Gasteiger partial charge in [0.05, 0.1) is 12.7 Å². The molecule has 1 aromatic rings. The molecule has 0 fully saturated rings. The van der Waals surface area contributed by atoms with Crippen molar-refractivity contribution in [3.05, 3.63) is 29.8 Å². The largest absolute Gasteiger partial charge is 0.494 e. The summed E-state index contributed by atoms with van der Waals surface area (Å²) in [4.78, 5) is 0. The van der Waals surface area contributed by atoms with Crippen molar-refractivity contribution in [2.75, 3.05) is 6.61 Å². The fourth-order valence-electron chi connectivity index (χ4n) is 1.48. The Labute approximate surface area is 98.3 Å². The van der Waals surface area contributed by atoms with E-state index in [4.69, 9.17) is 4.74 Å². The Bertz CT molecular complexity index is 288. The second kappa shape index (κ2) is 6.54. The van der Waals surface area contributed by atoms with Crippen LogP contribution in [-0.4, -0.2) is 17.8 Å². The summed E-state index contributed by atoms with van der Waals surface area (Å²) < 4.78 is 5.61. The first-order chi connectivity index (χ1) is 7.58. The Morgan fingerprint density at radius 3 is 2.25 bits per heavy atom. The van der Waals surface area contributed by atoms with Gasteiger partial charge in [-0.25, -0.2) is 0 Å². The maximum absolute atomic E-state index is 9.25. The first-order valence-electron chi connectivity index (χ1n) is 5.97. The summed E-state index contributed by atoms with van der Waals surface area (Å²) in [6.07, 6.45) is 1.49. The summed E-state index contributed by atoms with van der Waals surface area (Å²) in [7, 11) is 0. The van der Waals surface area contributed by atoms with Gasteiger partial charge >= 0.3 is 0 Å². The van der Waals surface area contributed by atoms with E-state index >= 15 is 0 Å². The molecule has 0 saturated carbocycles. The van der Waals surface area contributed by atoms with E-state index in [9.17, 15) is 5.11 Å². The highest BCUT2D eigenvalue weighted by molar-refractivity contribution is 5.27. The smallest absolute Gasteiger partial charge is 0.119 e. The van der Waals surface area contributed by atoms with Gasteiger partial charge in [-0.1, -0.05) is 26.0 Å². The van der Waals surface area contributed by atoms with E-state index in [0.717, 1.165) is 24.3 Å². The highest BCUT2D eigenvalue weighted by Gasteiger charge is 2.00. The molecule has 1 N–H and O–H groups in total. The lowest BCUT2D eigenvalue weighted by atomic mass is 10.1. The number of rotatable bonds is 6. The molecule has 1 atom stereocenters. The van der Waals surface area contributed by atoms with Crippen molar-refractivity contribution in [1.82, 2.24) is 0 Å². The van der Waals surface area contributed by atoms with Gasteiger partial charge in [-0.15, -0.1) is 0 Å². The summed E-state index contributed by atoms with van der Waals surface area (Å²) >= 11 is 0. The van der Waals surface area contributed by atoms with Crippen LogP contribution in [0.1, 0.15) is 32.8 Å². The maximum Gasteiger partial charge on any atom is 0.119 e. The van der Waals surface area contributed by atoms with Gasteiger partial charge in [0.25, 0.3) is 0 Å². The third-order valence-corrected chi connectivity index (χ3v) is 2.42. The van der Waals surface area contributed by atoms with Crippen LogP contribution >= 0.6 is 0 Å². The van der Waals surface area contributed by atoms with Crippen molar-refractivity contribution in [3.63, 3.8) is 0 Å². The number of hydrogen-bond acceptors (Lipinski definition) is 2. The summed E-state index contributed by atoms with van der Waals surface area (Å²) in [6.45, 7) is 6.95. The molecule has 0 aliphatic rings. The molecule has 1 unspecified atom stereocenters. The first kappa shape index (κ1) is 13.0. The van der Waals surface area contributed by atoms with Crippen LogP contribution in [0, 0.1) is 5.92 Å². The Morgan fingerprint density at radius 1 is 1.12 bits per heavy atom. The van der Waals surface area contributed by atoms with Crippen molar-refractivity contribution in [1.29, 1.82) is 0 Å². The topological polar surface area (TPSA) is 29.5 Å². The molecule has 0 spiro atoms. The summed E-state index contributed by atoms with van der Waals surface area (Å²) in [6, 6.07) is 7.96. The van der Waals surface area contributed by atoms with Crippen LogP contribution in [0.3, 0.4) is 0 Å². The molecular weight excluding hydrogens is 200 g/mol. The highest BCUT2D eigenvalue weighted by atomic mass is 16.5. The predicted molar refractivity (Wildman–Crippen MR) is 66.8 cm³/mol. The third-order valence-electron chi connectivity index (χ3n) is 2.42. The molecule has 0 aromatic heterocycles. The fraction of sp³-hybridized carbons (Fsp3) is 0.571. The van der Waals surface area contributed by atoms with Gasteiger partial charge < -0.3 is 9.84 Å². The third kappa shape index (κ3) is 5.17. The zero-order valence-corrected chi connectivity index (χ0v) is 10.4. The van der Waals surface area contributed by atoms with Gasteiger partial charge in [-0.05, 0) is 43.4 Å². The minimum atomic E-state index is -0.285. The lowest BCUT2D eigenvalue weighted by molar-refractivity contribution is 0.195. The van der Waals surface area contributed by atoms with Crippen LogP contribution in [0.25, 0.3) is 0 Å². The Balaban J connectivity index is 2.39. The lowest BCUT2D eigenvalue weighted by Crippen LogP contribution is -2.04. The van der Waals surface area contributed by atoms with Crippen LogP contribution in [0.15, 0.2) is 24.3 Å². The van der Waals surface area contributed by atoms with Gasteiger partial charge in [0, 0.05) is 0 Å². The van der Waals surface area contributed by atoms with Gasteiger partial charge in [0.1, 0.15) is 5.75 Å². The van der Waals surface area contributed by atoms with Gasteiger partial charge in [-0.2, -0.15) is 0 Å². The van der Waals surface area contributed by atoms with Crippen molar-refractivity contribution in [3.8, 4) is 5.75 Å². The van der Waals surface area contributed by atoms with Gasteiger partial charge in [-0.3, -0.25) is 0 Å². The molecule has 1 aromatic carbocycles. The van der Waals surface area contributed by atoms with E-state index in [1.165, 1.54) is 0 Å². The fourth-order valence-corrected chi connectivity index (χ4v) is 1.48. The van der Waals surface area contributed by atoms with Gasteiger partial charge in [0.15, 0.2) is 0 Å². The highest BCUT2D eigenvalue weighted by Crippen LogP contribution is 2.14. The van der Waals surface area contributed by atoms with Crippen LogP contribution < -0.4 is 4.74 Å². The average molecular weight is 222 g/mol. The molecule has 90 valence electrons. The van der Waals surface area contributed by atoms with Crippen LogP contribution in [0.5, 0.6) is 5.75 Å². The van der Waals surface area contributed by atoms with Crippen LogP contribution in [-0.2, 0) is 6.42 Å². The first-order valence-corrected chi connectivity index (χ1v) is 5.97. The molecule has 0 amide bonds. The lowest BCUT2D eigenvalue weighted by Gasteiger charge is -2.09. The average Bonchev–Trinajstić information content (AvgIpc) is 2.19. The molecule has 16 heavy (non-hydrogen) atoms. The number of aliphatic hydroxyl groups excluding tert-OH is 1. The molecule has 1 rings (SSSR count). The van der Waals surface area contributed by atoms with Gasteiger partial charge in [0.2, 0.25) is 0 Å². The SMILES string of the molecule is CC(C)CCOc1ccc(CC(C)O)cc1. The second-order valence-corrected chi connectivity index (χ2v) is 4.73. The van der Waals surface area contributed by atoms with E-state index in [2.05, 4.69) is 13.8 Å². The molecule has 0 radical (unpaired) electrons. The second-order valence-electron chi connectivity index (χ2n) is 4.73. The van der Waals surface area contributed by atoms with Crippen molar-refractivity contribution < 1.29 is 9.84 Å². The Hall–Kier alpha value is -1.02. The molecule has 2 heteroatoms. The zero-order valence-electron chi connectivity index (χ0n) is 10.4. The Kier molecular flexibility index (Phi) is 5.33. The number of aliphatic hydroxyl groups is 1. The molecule has 0 aliphatic heterocycles. The maximum atomic E-state index is 9.25. The summed E-state index contributed by atoms with van der Waals surface area (Å²) in [5.74, 6) is 1.59. The van der Waals surface area contributed by atoms with E-state index in [1.54, 1.807) is 6.92 Å². The number of ether oxygens (including phenoxy) is 1. The number of benzene rings is 1. The Morgan fingerprint density at radius 2 is 1.75 bits per heavy atom. The van der Waals surface area contributed by atoms with E-state index < -0.39 is 0 Å². The number of hydrogen-bond donors (Lipinski definition) is 1. The standard InChI is InChI=1S/C14H22O2/c1-11(2)8-9-16-14-6-4-13(5-7-14)10-12(3)15/h4-7,11-12,15H,8-10H2,1-3H3. The van der Waals surface area contributed by atoms with Crippen molar-refractivity contribution in [2.24, 2.45) is 5.92 Å². The minimum absolute atomic E-state index is 0.285. The quantitative estimate of drug-likeness (QED) is 0.801. The van der Waals surface area contributed by atoms with E-state index in [1.807, 2.05) is 24.3 Å². The minimum Gasteiger partial charge on any atom is -0.494 e. The monoisotopic (exact) mass is 222 g/mol. The summed E-state index contributed by atoms with van der Waals surface area (Å²) in [5.41, 5.74) is 1.14. The summed E-state index contributed by atoms with van der Waals surface area (Å²) in [5, 5.41) is 9.25. The molecular formula is C14H22O2.